The molecule has 2 aromatic carbocycles. The lowest BCUT2D eigenvalue weighted by molar-refractivity contribution is 0.102. The van der Waals surface area contributed by atoms with E-state index < -0.39 is 0 Å². The van der Waals surface area contributed by atoms with Crippen molar-refractivity contribution in [2.75, 3.05) is 19.5 Å². The standard InChI is InChI=1S/C18H19N3O3/c1-4-17-20-13-7-5-11(9-14(13)21-17)18(22)19-12-6-8-15(23-2)16(10-12)24-3/h5-10H,4H2,1-3H3,(H,19,22)(H,20,21). The Hall–Kier alpha value is -3.02. The van der Waals surface area contributed by atoms with Crippen molar-refractivity contribution < 1.29 is 14.3 Å². The lowest BCUT2D eigenvalue weighted by Gasteiger charge is -2.10. The SMILES string of the molecule is CCc1nc2ccc(C(=O)Nc3ccc(OC)c(OC)c3)cc2[nH]1. The number of aryl methyl sites for hydroxylation is 1. The summed E-state index contributed by atoms with van der Waals surface area (Å²) >= 11 is 0. The van der Waals surface area contributed by atoms with Crippen molar-refractivity contribution in [3.05, 3.63) is 47.8 Å². The number of fused-ring (bicyclic) bond motifs is 1. The van der Waals surface area contributed by atoms with Crippen LogP contribution in [0.3, 0.4) is 0 Å². The van der Waals surface area contributed by atoms with Crippen LogP contribution in [0.4, 0.5) is 5.69 Å². The highest BCUT2D eigenvalue weighted by Crippen LogP contribution is 2.30. The lowest BCUT2D eigenvalue weighted by Crippen LogP contribution is -2.11. The van der Waals surface area contributed by atoms with Gasteiger partial charge in [-0.2, -0.15) is 0 Å². The van der Waals surface area contributed by atoms with E-state index in [0.29, 0.717) is 22.7 Å². The third-order valence-electron chi connectivity index (χ3n) is 3.77. The maximum atomic E-state index is 12.5. The molecule has 2 N–H and O–H groups in total. The molecule has 6 heteroatoms. The molecule has 0 spiro atoms. The average molecular weight is 325 g/mol. The Balaban J connectivity index is 1.84. The Labute approximate surface area is 139 Å². The third-order valence-corrected chi connectivity index (χ3v) is 3.77. The molecule has 0 aliphatic rings. The van der Waals surface area contributed by atoms with E-state index in [1.165, 1.54) is 0 Å². The zero-order chi connectivity index (χ0) is 17.1. The average Bonchev–Trinajstić information content (AvgIpc) is 3.03. The summed E-state index contributed by atoms with van der Waals surface area (Å²) in [5.41, 5.74) is 2.90. The monoisotopic (exact) mass is 325 g/mol. The number of ether oxygens (including phenoxy) is 2. The van der Waals surface area contributed by atoms with Crippen molar-refractivity contribution in [3.63, 3.8) is 0 Å². The number of hydrogen-bond donors (Lipinski definition) is 2. The van der Waals surface area contributed by atoms with Gasteiger partial charge in [-0.05, 0) is 30.3 Å². The number of carbonyl (C=O) groups excluding carboxylic acids is 1. The number of rotatable bonds is 5. The molecule has 3 aromatic rings. The summed E-state index contributed by atoms with van der Waals surface area (Å²) in [7, 11) is 3.13. The molecule has 0 saturated carbocycles. The molecule has 0 atom stereocenters. The van der Waals surface area contributed by atoms with Gasteiger partial charge in [-0.25, -0.2) is 4.98 Å². The van der Waals surface area contributed by atoms with Crippen LogP contribution in [0.25, 0.3) is 11.0 Å². The van der Waals surface area contributed by atoms with Crippen LogP contribution < -0.4 is 14.8 Å². The van der Waals surface area contributed by atoms with Gasteiger partial charge in [-0.15, -0.1) is 0 Å². The first kappa shape index (κ1) is 15.9. The fourth-order valence-corrected chi connectivity index (χ4v) is 2.49. The molecule has 0 saturated heterocycles. The number of amides is 1. The maximum absolute atomic E-state index is 12.5. The summed E-state index contributed by atoms with van der Waals surface area (Å²) in [5, 5.41) is 2.86. The first-order valence-electron chi connectivity index (χ1n) is 7.66. The van der Waals surface area contributed by atoms with Gasteiger partial charge in [0.1, 0.15) is 5.82 Å². The zero-order valence-electron chi connectivity index (χ0n) is 13.8. The van der Waals surface area contributed by atoms with Gasteiger partial charge in [0.2, 0.25) is 0 Å². The molecular formula is C18H19N3O3. The van der Waals surface area contributed by atoms with Gasteiger partial charge in [0.25, 0.3) is 5.91 Å². The van der Waals surface area contributed by atoms with Crippen LogP contribution in [0.1, 0.15) is 23.1 Å². The van der Waals surface area contributed by atoms with E-state index in [-0.39, 0.29) is 5.91 Å². The highest BCUT2D eigenvalue weighted by Gasteiger charge is 2.11. The molecule has 0 aliphatic carbocycles. The van der Waals surface area contributed by atoms with Crippen LogP contribution in [0.15, 0.2) is 36.4 Å². The van der Waals surface area contributed by atoms with Gasteiger partial charge in [-0.3, -0.25) is 4.79 Å². The van der Waals surface area contributed by atoms with Crippen molar-refractivity contribution >= 4 is 22.6 Å². The Kier molecular flexibility index (Phi) is 4.37. The number of methoxy groups -OCH3 is 2. The van der Waals surface area contributed by atoms with E-state index in [9.17, 15) is 4.79 Å². The van der Waals surface area contributed by atoms with Crippen LogP contribution >= 0.6 is 0 Å². The van der Waals surface area contributed by atoms with Gasteiger partial charge in [0.05, 0.1) is 25.3 Å². The van der Waals surface area contributed by atoms with Crippen LogP contribution in [0.2, 0.25) is 0 Å². The molecular weight excluding hydrogens is 306 g/mol. The molecule has 0 unspecified atom stereocenters. The normalized spacial score (nSPS) is 10.6. The summed E-state index contributed by atoms with van der Waals surface area (Å²) in [5.74, 6) is 1.88. The number of hydrogen-bond acceptors (Lipinski definition) is 4. The van der Waals surface area contributed by atoms with E-state index in [1.54, 1.807) is 44.6 Å². The molecule has 1 aromatic heterocycles. The quantitative estimate of drug-likeness (QED) is 0.754. The Bertz CT molecular complexity index is 886. The number of benzene rings is 2. The first-order chi connectivity index (χ1) is 11.6. The second kappa shape index (κ2) is 6.62. The van der Waals surface area contributed by atoms with Gasteiger partial charge in [-0.1, -0.05) is 6.92 Å². The number of nitrogens with one attached hydrogen (secondary N) is 2. The number of aromatic amines is 1. The topological polar surface area (TPSA) is 76.2 Å². The van der Waals surface area contributed by atoms with Gasteiger partial charge in [0, 0.05) is 23.7 Å². The van der Waals surface area contributed by atoms with E-state index >= 15 is 0 Å². The summed E-state index contributed by atoms with van der Waals surface area (Å²) in [4.78, 5) is 20.1. The highest BCUT2D eigenvalue weighted by molar-refractivity contribution is 6.06. The van der Waals surface area contributed by atoms with E-state index in [4.69, 9.17) is 9.47 Å². The fraction of sp³-hybridized carbons (Fsp3) is 0.222. The zero-order valence-corrected chi connectivity index (χ0v) is 13.8. The first-order valence-corrected chi connectivity index (χ1v) is 7.66. The molecule has 124 valence electrons. The van der Waals surface area contributed by atoms with Crippen molar-refractivity contribution in [3.8, 4) is 11.5 Å². The van der Waals surface area contributed by atoms with Crippen molar-refractivity contribution in [1.82, 2.24) is 9.97 Å². The maximum Gasteiger partial charge on any atom is 0.255 e. The molecule has 1 heterocycles. The van der Waals surface area contributed by atoms with E-state index in [0.717, 1.165) is 23.3 Å². The second-order valence-corrected chi connectivity index (χ2v) is 5.29. The van der Waals surface area contributed by atoms with Crippen molar-refractivity contribution in [1.29, 1.82) is 0 Å². The predicted octanol–water partition coefficient (Wildman–Crippen LogP) is 3.39. The van der Waals surface area contributed by atoms with Crippen LogP contribution in [0.5, 0.6) is 11.5 Å². The van der Waals surface area contributed by atoms with Gasteiger partial charge in [0.15, 0.2) is 11.5 Å². The number of aromatic nitrogens is 2. The Morgan fingerprint density at radius 2 is 1.92 bits per heavy atom. The summed E-state index contributed by atoms with van der Waals surface area (Å²) in [6.45, 7) is 2.03. The van der Waals surface area contributed by atoms with E-state index in [2.05, 4.69) is 15.3 Å². The predicted molar refractivity (Wildman–Crippen MR) is 93.0 cm³/mol. The highest BCUT2D eigenvalue weighted by atomic mass is 16.5. The molecule has 0 bridgehead atoms. The van der Waals surface area contributed by atoms with Crippen LogP contribution in [0, 0.1) is 0 Å². The largest absolute Gasteiger partial charge is 0.493 e. The molecule has 6 nitrogen and oxygen atoms in total. The lowest BCUT2D eigenvalue weighted by atomic mass is 10.2. The minimum Gasteiger partial charge on any atom is -0.493 e. The smallest absolute Gasteiger partial charge is 0.255 e. The molecule has 0 fully saturated rings. The number of carbonyl (C=O) groups is 1. The minimum atomic E-state index is -0.197. The van der Waals surface area contributed by atoms with Gasteiger partial charge < -0.3 is 19.8 Å². The van der Waals surface area contributed by atoms with Crippen molar-refractivity contribution in [2.45, 2.75) is 13.3 Å². The number of anilines is 1. The number of imidazole rings is 1. The van der Waals surface area contributed by atoms with E-state index in [1.807, 2.05) is 13.0 Å². The molecule has 1 amide bonds. The van der Waals surface area contributed by atoms with Crippen LogP contribution in [-0.2, 0) is 6.42 Å². The Morgan fingerprint density at radius 3 is 2.62 bits per heavy atom. The summed E-state index contributed by atoms with van der Waals surface area (Å²) in [6.07, 6.45) is 0.821. The van der Waals surface area contributed by atoms with Gasteiger partial charge >= 0.3 is 0 Å². The summed E-state index contributed by atoms with van der Waals surface area (Å²) < 4.78 is 10.4. The third kappa shape index (κ3) is 3.03. The summed E-state index contributed by atoms with van der Waals surface area (Å²) in [6, 6.07) is 10.6. The van der Waals surface area contributed by atoms with Crippen LogP contribution in [-0.4, -0.2) is 30.1 Å². The van der Waals surface area contributed by atoms with Crippen molar-refractivity contribution in [2.24, 2.45) is 0 Å². The Morgan fingerprint density at radius 1 is 1.12 bits per heavy atom. The molecule has 24 heavy (non-hydrogen) atoms. The number of H-pyrrole nitrogens is 1. The molecule has 0 aliphatic heterocycles. The second-order valence-electron chi connectivity index (χ2n) is 5.29. The fourth-order valence-electron chi connectivity index (χ4n) is 2.49. The molecule has 0 radical (unpaired) electrons. The number of nitrogens with zero attached hydrogens (tertiary/aromatic N) is 1. The minimum absolute atomic E-state index is 0.197. The molecule has 3 rings (SSSR count).